The SMILES string of the molecule is O=[N+]([O-])c1ccc(N[C@H]2CC[C@H](Oc3cc(N4CCN(C(=S)Nc5ccc(F)cc5)CC4)ccn3)CC2)cc1C(F)(F)F. The van der Waals surface area contributed by atoms with Crippen molar-refractivity contribution in [1.82, 2.24) is 9.88 Å². The summed E-state index contributed by atoms with van der Waals surface area (Å²) < 4.78 is 59.3. The van der Waals surface area contributed by atoms with Crippen LogP contribution in [0.15, 0.2) is 60.8 Å². The third-order valence-electron chi connectivity index (χ3n) is 7.58. The molecule has 1 saturated heterocycles. The molecule has 0 atom stereocenters. The first-order chi connectivity index (χ1) is 20.5. The average Bonchev–Trinajstić information content (AvgIpc) is 2.99. The van der Waals surface area contributed by atoms with Crippen molar-refractivity contribution in [1.29, 1.82) is 0 Å². The Bertz CT molecular complexity index is 1440. The van der Waals surface area contributed by atoms with E-state index in [1.807, 2.05) is 12.1 Å². The van der Waals surface area contributed by atoms with Gasteiger partial charge in [-0.1, -0.05) is 0 Å². The Morgan fingerprint density at radius 3 is 2.30 bits per heavy atom. The number of rotatable bonds is 7. The second-order valence-corrected chi connectivity index (χ2v) is 10.9. The molecule has 0 radical (unpaired) electrons. The number of hydrogen-bond donors (Lipinski definition) is 2. The molecule has 1 aliphatic heterocycles. The maximum Gasteiger partial charge on any atom is 0.423 e. The normalized spacial score (nSPS) is 19.1. The molecule has 14 heteroatoms. The minimum absolute atomic E-state index is 0.0818. The van der Waals surface area contributed by atoms with E-state index in [1.54, 1.807) is 18.3 Å². The topological polar surface area (TPSA) is 95.8 Å². The first-order valence-corrected chi connectivity index (χ1v) is 14.3. The fourth-order valence-corrected chi connectivity index (χ4v) is 5.61. The number of halogens is 4. The fourth-order valence-electron chi connectivity index (χ4n) is 5.31. The molecule has 1 aromatic heterocycles. The number of nitrogens with one attached hydrogen (secondary N) is 2. The van der Waals surface area contributed by atoms with Gasteiger partial charge in [0.1, 0.15) is 17.5 Å². The van der Waals surface area contributed by atoms with Crippen LogP contribution in [0.5, 0.6) is 5.88 Å². The highest BCUT2D eigenvalue weighted by molar-refractivity contribution is 7.80. The van der Waals surface area contributed by atoms with Gasteiger partial charge >= 0.3 is 6.18 Å². The van der Waals surface area contributed by atoms with E-state index < -0.39 is 22.4 Å². The van der Waals surface area contributed by atoms with Crippen LogP contribution in [-0.4, -0.2) is 58.2 Å². The van der Waals surface area contributed by atoms with Crippen LogP contribution in [0.3, 0.4) is 0 Å². The smallest absolute Gasteiger partial charge is 0.423 e. The highest BCUT2D eigenvalue weighted by Crippen LogP contribution is 2.38. The summed E-state index contributed by atoms with van der Waals surface area (Å²) in [4.78, 5) is 18.7. The van der Waals surface area contributed by atoms with Gasteiger partial charge in [0, 0.05) is 67.6 Å². The second-order valence-electron chi connectivity index (χ2n) is 10.5. The van der Waals surface area contributed by atoms with Gasteiger partial charge < -0.3 is 25.2 Å². The number of anilines is 3. The van der Waals surface area contributed by atoms with Gasteiger partial charge in [-0.3, -0.25) is 10.1 Å². The summed E-state index contributed by atoms with van der Waals surface area (Å²) in [6.07, 6.45) is -0.518. The van der Waals surface area contributed by atoms with Crippen LogP contribution in [0.2, 0.25) is 0 Å². The zero-order chi connectivity index (χ0) is 30.6. The highest BCUT2D eigenvalue weighted by atomic mass is 32.1. The molecule has 2 N–H and O–H groups in total. The van der Waals surface area contributed by atoms with Crippen LogP contribution in [0.4, 0.5) is 40.3 Å². The molecule has 0 unspecified atom stereocenters. The van der Waals surface area contributed by atoms with Crippen LogP contribution in [0.1, 0.15) is 31.2 Å². The molecular formula is C29H30F4N6O3S. The number of hydrogen-bond acceptors (Lipinski definition) is 7. The van der Waals surface area contributed by atoms with Gasteiger partial charge in [-0.15, -0.1) is 0 Å². The number of alkyl halides is 3. The van der Waals surface area contributed by atoms with Crippen molar-refractivity contribution < 1.29 is 27.2 Å². The van der Waals surface area contributed by atoms with Crippen molar-refractivity contribution >= 4 is 40.1 Å². The Kier molecular flexibility index (Phi) is 9.14. The van der Waals surface area contributed by atoms with Crippen LogP contribution >= 0.6 is 12.2 Å². The van der Waals surface area contributed by atoms with Gasteiger partial charge in [0.25, 0.3) is 5.69 Å². The van der Waals surface area contributed by atoms with Gasteiger partial charge in [0.15, 0.2) is 5.11 Å². The van der Waals surface area contributed by atoms with Crippen molar-refractivity contribution in [3.63, 3.8) is 0 Å². The van der Waals surface area contributed by atoms with Gasteiger partial charge in [0.05, 0.1) is 4.92 Å². The molecule has 2 heterocycles. The lowest BCUT2D eigenvalue weighted by molar-refractivity contribution is -0.388. The number of nitro groups is 1. The number of nitro benzene ring substituents is 1. The zero-order valence-corrected chi connectivity index (χ0v) is 23.8. The van der Waals surface area contributed by atoms with Crippen LogP contribution in [-0.2, 0) is 6.18 Å². The number of pyridine rings is 1. The predicted octanol–water partition coefficient (Wildman–Crippen LogP) is 6.47. The van der Waals surface area contributed by atoms with E-state index in [2.05, 4.69) is 25.4 Å². The molecule has 1 saturated carbocycles. The number of ether oxygens (including phenoxy) is 1. The third-order valence-corrected chi connectivity index (χ3v) is 7.94. The van der Waals surface area contributed by atoms with E-state index in [4.69, 9.17) is 17.0 Å². The number of benzene rings is 2. The Morgan fingerprint density at radius 2 is 1.65 bits per heavy atom. The van der Waals surface area contributed by atoms with Crippen LogP contribution in [0, 0.1) is 15.9 Å². The molecule has 2 aliphatic rings. The first-order valence-electron chi connectivity index (χ1n) is 13.9. The van der Waals surface area contributed by atoms with Crippen LogP contribution < -0.4 is 20.3 Å². The predicted molar refractivity (Wildman–Crippen MR) is 159 cm³/mol. The minimum Gasteiger partial charge on any atom is -0.474 e. The lowest BCUT2D eigenvalue weighted by atomic mass is 9.92. The quantitative estimate of drug-likeness (QED) is 0.134. The number of nitrogens with zero attached hydrogens (tertiary/aromatic N) is 4. The minimum atomic E-state index is -4.82. The summed E-state index contributed by atoms with van der Waals surface area (Å²) in [5.41, 5.74) is -0.318. The lowest BCUT2D eigenvalue weighted by Crippen LogP contribution is -2.50. The molecule has 1 aliphatic carbocycles. The van der Waals surface area contributed by atoms with Gasteiger partial charge in [-0.2, -0.15) is 13.2 Å². The van der Waals surface area contributed by atoms with E-state index in [9.17, 15) is 27.7 Å². The van der Waals surface area contributed by atoms with Crippen molar-refractivity contribution in [2.75, 3.05) is 41.7 Å². The average molecular weight is 619 g/mol. The first kappa shape index (κ1) is 30.3. The summed E-state index contributed by atoms with van der Waals surface area (Å²) in [7, 11) is 0. The molecule has 43 heavy (non-hydrogen) atoms. The second kappa shape index (κ2) is 13.0. The maximum atomic E-state index is 13.3. The zero-order valence-electron chi connectivity index (χ0n) is 23.0. The summed E-state index contributed by atoms with van der Waals surface area (Å²) in [5.74, 6) is 0.205. The Morgan fingerprint density at radius 1 is 0.977 bits per heavy atom. The number of thiocarbonyl (C=S) groups is 1. The van der Waals surface area contributed by atoms with Gasteiger partial charge in [0.2, 0.25) is 5.88 Å². The molecule has 5 rings (SSSR count). The summed E-state index contributed by atoms with van der Waals surface area (Å²) in [6.45, 7) is 2.90. The lowest BCUT2D eigenvalue weighted by Gasteiger charge is -2.37. The van der Waals surface area contributed by atoms with Crippen LogP contribution in [0.25, 0.3) is 0 Å². The summed E-state index contributed by atoms with van der Waals surface area (Å²) >= 11 is 5.53. The van der Waals surface area contributed by atoms with Crippen molar-refractivity contribution in [2.45, 2.75) is 44.0 Å². The third kappa shape index (κ3) is 7.80. The van der Waals surface area contributed by atoms with E-state index >= 15 is 0 Å². The molecule has 0 bridgehead atoms. The molecule has 2 aromatic carbocycles. The molecule has 0 spiro atoms. The summed E-state index contributed by atoms with van der Waals surface area (Å²) in [6, 6.07) is 12.8. The monoisotopic (exact) mass is 618 g/mol. The molecule has 9 nitrogen and oxygen atoms in total. The molecule has 2 fully saturated rings. The fraction of sp³-hybridized carbons (Fsp3) is 0.379. The largest absolute Gasteiger partial charge is 0.474 e. The Labute approximate surface area is 251 Å². The van der Waals surface area contributed by atoms with Gasteiger partial charge in [-0.05, 0) is 80.4 Å². The van der Waals surface area contributed by atoms with E-state index in [0.29, 0.717) is 49.8 Å². The van der Waals surface area contributed by atoms with Crippen molar-refractivity contribution in [3.05, 3.63) is 82.3 Å². The molecule has 3 aromatic rings. The maximum absolute atomic E-state index is 13.3. The van der Waals surface area contributed by atoms with E-state index in [-0.39, 0.29) is 23.7 Å². The van der Waals surface area contributed by atoms with Crippen molar-refractivity contribution in [2.24, 2.45) is 0 Å². The Balaban J connectivity index is 1.10. The Hall–Kier alpha value is -4.20. The highest BCUT2D eigenvalue weighted by Gasteiger charge is 2.38. The standard InChI is InChI=1S/C29H30F4N6O3S/c30-19-1-3-21(4-2-19)36-28(43)38-15-13-37(14-16-38)23-11-12-34-27(18-23)42-24-8-5-20(6-9-24)35-22-7-10-26(39(40)41)25(17-22)29(31,32)33/h1-4,7,10-12,17-18,20,24,35H,5-6,8-9,13-16H2,(H,36,43)/t20-,24-. The molecule has 228 valence electrons. The molecular weight excluding hydrogens is 588 g/mol. The van der Waals surface area contributed by atoms with E-state index in [0.717, 1.165) is 36.6 Å². The van der Waals surface area contributed by atoms with Gasteiger partial charge in [-0.25, -0.2) is 9.37 Å². The van der Waals surface area contributed by atoms with E-state index in [1.165, 1.54) is 18.2 Å². The molecule has 0 amide bonds. The van der Waals surface area contributed by atoms with Crippen molar-refractivity contribution in [3.8, 4) is 5.88 Å². The summed E-state index contributed by atoms with van der Waals surface area (Å²) in [5, 5.41) is 17.8. The number of piperazine rings is 1. The number of aromatic nitrogens is 1.